The Kier molecular flexibility index (Phi) is 8.08. The van der Waals surface area contributed by atoms with Crippen molar-refractivity contribution in [2.45, 2.75) is 39.2 Å². The Morgan fingerprint density at radius 1 is 1.17 bits per heavy atom. The minimum atomic E-state index is -3.32. The van der Waals surface area contributed by atoms with Gasteiger partial charge in [-0.1, -0.05) is 36.8 Å². The molecule has 1 unspecified atom stereocenters. The minimum absolute atomic E-state index is 0.144. The third kappa shape index (κ3) is 7.09. The minimum Gasteiger partial charge on any atom is -0.481 e. The highest BCUT2D eigenvalue weighted by molar-refractivity contribution is 7.92. The van der Waals surface area contributed by atoms with Crippen molar-refractivity contribution in [1.29, 1.82) is 0 Å². The highest BCUT2D eigenvalue weighted by atomic mass is 32.2. The molecule has 0 radical (unpaired) electrons. The van der Waals surface area contributed by atoms with E-state index in [4.69, 9.17) is 4.74 Å². The third-order valence-corrected chi connectivity index (χ3v) is 5.87. The van der Waals surface area contributed by atoms with Crippen LogP contribution in [-0.4, -0.2) is 40.3 Å². The monoisotopic (exact) mass is 418 g/mol. The number of rotatable bonds is 10. The Labute approximate surface area is 173 Å². The first kappa shape index (κ1) is 22.7. The van der Waals surface area contributed by atoms with Crippen molar-refractivity contribution in [3.05, 3.63) is 59.7 Å². The van der Waals surface area contributed by atoms with Crippen molar-refractivity contribution < 1.29 is 17.9 Å². The molecule has 1 N–H and O–H groups in total. The summed E-state index contributed by atoms with van der Waals surface area (Å²) >= 11 is 0. The Hall–Kier alpha value is -2.54. The smallest absolute Gasteiger partial charge is 0.261 e. The lowest BCUT2D eigenvalue weighted by Crippen LogP contribution is -2.38. The number of anilines is 1. The number of ether oxygens (including phenoxy) is 1. The van der Waals surface area contributed by atoms with Crippen LogP contribution < -0.4 is 14.4 Å². The molecule has 0 fully saturated rings. The maximum Gasteiger partial charge on any atom is 0.261 e. The van der Waals surface area contributed by atoms with Gasteiger partial charge in [-0.3, -0.25) is 9.10 Å². The van der Waals surface area contributed by atoms with Crippen molar-refractivity contribution in [3.8, 4) is 5.75 Å². The van der Waals surface area contributed by atoms with Gasteiger partial charge >= 0.3 is 0 Å². The molecule has 1 amide bonds. The number of benzene rings is 2. The van der Waals surface area contributed by atoms with Gasteiger partial charge in [0.25, 0.3) is 5.91 Å². The molecule has 2 aromatic rings. The van der Waals surface area contributed by atoms with Gasteiger partial charge in [0.1, 0.15) is 5.75 Å². The van der Waals surface area contributed by atoms with E-state index in [1.54, 1.807) is 24.3 Å². The molecule has 2 rings (SSSR count). The van der Waals surface area contributed by atoms with Crippen LogP contribution in [0.15, 0.2) is 48.5 Å². The summed E-state index contributed by atoms with van der Waals surface area (Å²) in [6.07, 6.45) is 2.86. The Bertz CT molecular complexity index is 911. The number of carbonyl (C=O) groups is 1. The first-order valence-corrected chi connectivity index (χ1v) is 11.6. The second-order valence-electron chi connectivity index (χ2n) is 7.12. The Balaban J connectivity index is 1.84. The van der Waals surface area contributed by atoms with Gasteiger partial charge in [-0.15, -0.1) is 0 Å². The summed E-state index contributed by atoms with van der Waals surface area (Å²) in [7, 11) is -1.83. The van der Waals surface area contributed by atoms with Crippen molar-refractivity contribution in [2.75, 3.05) is 24.2 Å². The summed E-state index contributed by atoms with van der Waals surface area (Å²) < 4.78 is 30.2. The topological polar surface area (TPSA) is 75.7 Å². The highest BCUT2D eigenvalue weighted by Gasteiger charge is 2.18. The van der Waals surface area contributed by atoms with E-state index in [-0.39, 0.29) is 5.91 Å². The quantitative estimate of drug-likeness (QED) is 0.601. The van der Waals surface area contributed by atoms with E-state index < -0.39 is 16.1 Å². The molecule has 0 spiro atoms. The summed E-state index contributed by atoms with van der Waals surface area (Å²) in [5.74, 6) is 0.381. The molecule has 0 aromatic heterocycles. The molecule has 6 nitrogen and oxygen atoms in total. The molecule has 0 aliphatic carbocycles. The summed E-state index contributed by atoms with van der Waals surface area (Å²) in [6, 6.07) is 15.0. The van der Waals surface area contributed by atoms with Gasteiger partial charge in [0.15, 0.2) is 6.10 Å². The van der Waals surface area contributed by atoms with Crippen LogP contribution in [0.4, 0.5) is 5.69 Å². The van der Waals surface area contributed by atoms with Gasteiger partial charge < -0.3 is 10.1 Å². The largest absolute Gasteiger partial charge is 0.481 e. The second kappa shape index (κ2) is 10.3. The molecule has 0 bridgehead atoms. The summed E-state index contributed by atoms with van der Waals surface area (Å²) in [5.41, 5.74) is 3.04. The van der Waals surface area contributed by atoms with Gasteiger partial charge in [-0.05, 0) is 56.0 Å². The van der Waals surface area contributed by atoms with Crippen LogP contribution in [0.25, 0.3) is 0 Å². The number of nitrogens with zero attached hydrogens (tertiary/aromatic N) is 1. The molecular weight excluding hydrogens is 388 g/mol. The van der Waals surface area contributed by atoms with E-state index in [2.05, 4.69) is 30.4 Å². The summed E-state index contributed by atoms with van der Waals surface area (Å²) in [4.78, 5) is 12.4. The summed E-state index contributed by atoms with van der Waals surface area (Å²) in [6.45, 7) is 4.55. The predicted molar refractivity (Wildman–Crippen MR) is 117 cm³/mol. The van der Waals surface area contributed by atoms with Gasteiger partial charge in [-0.2, -0.15) is 0 Å². The van der Waals surface area contributed by atoms with Crippen molar-refractivity contribution in [2.24, 2.45) is 0 Å². The van der Waals surface area contributed by atoms with Crippen LogP contribution in [0.5, 0.6) is 5.75 Å². The number of amides is 1. The van der Waals surface area contributed by atoms with Crippen LogP contribution in [0, 0.1) is 6.92 Å². The number of aryl methyl sites for hydroxylation is 2. The van der Waals surface area contributed by atoms with Gasteiger partial charge in [0.2, 0.25) is 10.0 Å². The maximum absolute atomic E-state index is 12.4. The fraction of sp³-hybridized carbons (Fsp3) is 0.409. The first-order valence-electron chi connectivity index (χ1n) is 9.74. The predicted octanol–water partition coefficient (Wildman–Crippen LogP) is 3.30. The average molecular weight is 419 g/mol. The lowest BCUT2D eigenvalue weighted by molar-refractivity contribution is -0.128. The van der Waals surface area contributed by atoms with Crippen LogP contribution in [0.2, 0.25) is 0 Å². The van der Waals surface area contributed by atoms with Crippen molar-refractivity contribution in [3.63, 3.8) is 0 Å². The SMILES string of the molecule is CCC(Oc1ccc(N(C)S(C)(=O)=O)cc1)C(=O)NCCCc1cccc(C)c1. The van der Waals surface area contributed by atoms with Crippen LogP contribution in [0.1, 0.15) is 30.9 Å². The molecule has 0 heterocycles. The zero-order chi connectivity index (χ0) is 21.4. The molecule has 1 atom stereocenters. The van der Waals surface area contributed by atoms with E-state index in [9.17, 15) is 13.2 Å². The normalized spacial score (nSPS) is 12.3. The first-order chi connectivity index (χ1) is 13.7. The van der Waals surface area contributed by atoms with Crippen molar-refractivity contribution in [1.82, 2.24) is 5.32 Å². The number of carbonyl (C=O) groups excluding carboxylic acids is 1. The molecule has 29 heavy (non-hydrogen) atoms. The van der Waals surface area contributed by atoms with E-state index in [0.717, 1.165) is 19.1 Å². The van der Waals surface area contributed by atoms with Crippen LogP contribution >= 0.6 is 0 Å². The average Bonchev–Trinajstić information content (AvgIpc) is 2.68. The molecule has 0 saturated heterocycles. The van der Waals surface area contributed by atoms with Gasteiger partial charge in [0, 0.05) is 13.6 Å². The molecule has 7 heteroatoms. The number of hydrogen-bond acceptors (Lipinski definition) is 4. The van der Waals surface area contributed by atoms with Gasteiger partial charge in [-0.25, -0.2) is 8.42 Å². The molecule has 158 valence electrons. The lowest BCUT2D eigenvalue weighted by Gasteiger charge is -2.19. The van der Waals surface area contributed by atoms with Gasteiger partial charge in [0.05, 0.1) is 11.9 Å². The maximum atomic E-state index is 12.4. The molecular formula is C22H30N2O4S. The molecule has 0 aliphatic rings. The fourth-order valence-corrected chi connectivity index (χ4v) is 3.40. The van der Waals surface area contributed by atoms with E-state index in [1.165, 1.54) is 22.5 Å². The Morgan fingerprint density at radius 2 is 1.86 bits per heavy atom. The highest BCUT2D eigenvalue weighted by Crippen LogP contribution is 2.21. The number of nitrogens with one attached hydrogen (secondary N) is 1. The molecule has 0 aliphatic heterocycles. The summed E-state index contributed by atoms with van der Waals surface area (Å²) in [5, 5.41) is 2.94. The van der Waals surface area contributed by atoms with E-state index in [1.807, 2.05) is 13.0 Å². The number of sulfonamides is 1. The fourth-order valence-electron chi connectivity index (χ4n) is 2.90. The number of hydrogen-bond donors (Lipinski definition) is 1. The van der Waals surface area contributed by atoms with Crippen LogP contribution in [0.3, 0.4) is 0 Å². The lowest BCUT2D eigenvalue weighted by atomic mass is 10.1. The van der Waals surface area contributed by atoms with E-state index in [0.29, 0.717) is 24.4 Å². The Morgan fingerprint density at radius 3 is 2.45 bits per heavy atom. The zero-order valence-electron chi connectivity index (χ0n) is 17.5. The molecule has 2 aromatic carbocycles. The standard InChI is InChI=1S/C22H30N2O4S/c1-5-21(22(25)23-15-7-10-18-9-6-8-17(2)16-18)28-20-13-11-19(12-14-20)24(3)29(4,26)27/h6,8-9,11-14,16,21H,5,7,10,15H2,1-4H3,(H,23,25). The second-order valence-corrected chi connectivity index (χ2v) is 9.14. The molecule has 0 saturated carbocycles. The van der Waals surface area contributed by atoms with Crippen molar-refractivity contribution >= 4 is 21.6 Å². The third-order valence-electron chi connectivity index (χ3n) is 4.66. The van der Waals surface area contributed by atoms with E-state index >= 15 is 0 Å². The zero-order valence-corrected chi connectivity index (χ0v) is 18.3. The van der Waals surface area contributed by atoms with Crippen LogP contribution in [-0.2, 0) is 21.2 Å².